The van der Waals surface area contributed by atoms with Crippen LogP contribution in [-0.2, 0) is 0 Å². The van der Waals surface area contributed by atoms with E-state index in [4.69, 9.17) is 9.68 Å². The van der Waals surface area contributed by atoms with Crippen LogP contribution < -0.4 is 5.56 Å². The van der Waals surface area contributed by atoms with Crippen LogP contribution in [0.15, 0.2) is 40.0 Å². The van der Waals surface area contributed by atoms with Gasteiger partial charge >= 0.3 is 0 Å². The number of nitrogens with one attached hydrogen (secondary N) is 1. The van der Waals surface area contributed by atoms with Crippen molar-refractivity contribution in [2.45, 2.75) is 25.7 Å². The molecule has 11 heteroatoms. The second kappa shape index (κ2) is 7.24. The Labute approximate surface area is 175 Å². The van der Waals surface area contributed by atoms with Gasteiger partial charge in [0.15, 0.2) is 11.6 Å². The van der Waals surface area contributed by atoms with Gasteiger partial charge < -0.3 is 9.32 Å². The molecule has 0 bridgehead atoms. The fraction of sp³-hybridized carbons (Fsp3) is 0.300. The molecular formula is C20H18N8O3. The van der Waals surface area contributed by atoms with Crippen molar-refractivity contribution < 1.29 is 9.21 Å². The number of carbonyl (C=O) groups excluding carboxylic acids is 1. The fourth-order valence-electron chi connectivity index (χ4n) is 3.89. The Hall–Kier alpha value is -4.20. The van der Waals surface area contributed by atoms with Gasteiger partial charge in [0.1, 0.15) is 17.8 Å². The van der Waals surface area contributed by atoms with Gasteiger partial charge in [-0.05, 0) is 31.9 Å². The van der Waals surface area contributed by atoms with E-state index in [0.29, 0.717) is 48.6 Å². The van der Waals surface area contributed by atoms with Crippen LogP contribution >= 0.6 is 0 Å². The van der Waals surface area contributed by atoms with Gasteiger partial charge in [0.25, 0.3) is 11.5 Å². The van der Waals surface area contributed by atoms with Crippen molar-refractivity contribution in [2.75, 3.05) is 13.1 Å². The number of hydrogen-bond donors (Lipinski definition) is 1. The van der Waals surface area contributed by atoms with Gasteiger partial charge in [0.2, 0.25) is 5.95 Å². The van der Waals surface area contributed by atoms with Crippen LogP contribution in [0.5, 0.6) is 0 Å². The minimum Gasteiger partial charge on any atom is -0.447 e. The van der Waals surface area contributed by atoms with Gasteiger partial charge in [0.05, 0.1) is 17.5 Å². The predicted octanol–water partition coefficient (Wildman–Crippen LogP) is 1.40. The first kappa shape index (κ1) is 18.8. The molecule has 1 fully saturated rings. The summed E-state index contributed by atoms with van der Waals surface area (Å²) in [6.07, 6.45) is 5.93. The summed E-state index contributed by atoms with van der Waals surface area (Å²) in [7, 11) is 0. The SMILES string of the molecule is Cc1c(C(=O)N2CCC(c3nc(C#N)co3)CC2)cnn1-c1nn2cccc2c(=O)[nH]1. The highest BCUT2D eigenvalue weighted by atomic mass is 16.3. The van der Waals surface area contributed by atoms with Crippen LogP contribution in [0.3, 0.4) is 0 Å². The minimum atomic E-state index is -0.286. The fourth-order valence-corrected chi connectivity index (χ4v) is 3.89. The monoisotopic (exact) mass is 418 g/mol. The molecular weight excluding hydrogens is 400 g/mol. The predicted molar refractivity (Wildman–Crippen MR) is 107 cm³/mol. The van der Waals surface area contributed by atoms with Crippen LogP contribution in [0.1, 0.15) is 46.4 Å². The average Bonchev–Trinajstić information content (AvgIpc) is 3.53. The first-order valence-electron chi connectivity index (χ1n) is 9.82. The number of likely N-dealkylation sites (tertiary alicyclic amines) is 1. The Morgan fingerprint density at radius 2 is 2.16 bits per heavy atom. The quantitative estimate of drug-likeness (QED) is 0.530. The zero-order valence-electron chi connectivity index (χ0n) is 16.6. The molecule has 1 aliphatic heterocycles. The number of H-pyrrole nitrogens is 1. The second-order valence-corrected chi connectivity index (χ2v) is 7.42. The van der Waals surface area contributed by atoms with Gasteiger partial charge in [-0.3, -0.25) is 14.6 Å². The number of aromatic nitrogens is 6. The zero-order valence-corrected chi connectivity index (χ0v) is 16.6. The standard InChI is InChI=1S/C20H18N8O3/c1-12-15(10-22-28(12)20-24-17(29)16-3-2-6-27(16)25-20)19(30)26-7-4-13(5-8-26)18-23-14(9-21)11-31-18/h2-3,6,10-11,13H,4-5,7-8H2,1H3,(H,24,25,29). The van der Waals surface area contributed by atoms with Crippen molar-refractivity contribution in [3.05, 3.63) is 64.0 Å². The summed E-state index contributed by atoms with van der Waals surface area (Å²) in [4.78, 5) is 34.0. The van der Waals surface area contributed by atoms with Crippen molar-refractivity contribution in [1.29, 1.82) is 5.26 Å². The Bertz CT molecular complexity index is 1380. The van der Waals surface area contributed by atoms with Crippen molar-refractivity contribution in [2.24, 2.45) is 0 Å². The lowest BCUT2D eigenvalue weighted by atomic mass is 9.96. The molecule has 0 radical (unpaired) electrons. The van der Waals surface area contributed by atoms with Crippen molar-refractivity contribution in [1.82, 2.24) is 34.3 Å². The molecule has 0 aromatic carbocycles. The van der Waals surface area contributed by atoms with Gasteiger partial charge in [0, 0.05) is 25.2 Å². The van der Waals surface area contributed by atoms with E-state index in [2.05, 4.69) is 20.2 Å². The maximum atomic E-state index is 13.1. The molecule has 1 aliphatic rings. The highest BCUT2D eigenvalue weighted by Crippen LogP contribution is 2.28. The van der Waals surface area contributed by atoms with Gasteiger partial charge in [-0.25, -0.2) is 14.2 Å². The number of carbonyl (C=O) groups is 1. The van der Waals surface area contributed by atoms with E-state index >= 15 is 0 Å². The number of rotatable bonds is 3. The molecule has 11 nitrogen and oxygen atoms in total. The smallest absolute Gasteiger partial charge is 0.276 e. The highest BCUT2D eigenvalue weighted by Gasteiger charge is 2.29. The minimum absolute atomic E-state index is 0.0811. The molecule has 0 saturated carbocycles. The number of fused-ring (bicyclic) bond motifs is 1. The van der Waals surface area contributed by atoms with Gasteiger partial charge in [-0.15, -0.1) is 5.10 Å². The van der Waals surface area contributed by atoms with E-state index < -0.39 is 0 Å². The molecule has 0 spiro atoms. The summed E-state index contributed by atoms with van der Waals surface area (Å²) in [5.74, 6) is 0.735. The lowest BCUT2D eigenvalue weighted by Gasteiger charge is -2.30. The normalized spacial score (nSPS) is 14.8. The molecule has 5 rings (SSSR count). The molecule has 1 N–H and O–H groups in total. The lowest BCUT2D eigenvalue weighted by molar-refractivity contribution is 0.0705. The Balaban J connectivity index is 1.34. The third kappa shape index (κ3) is 3.18. The molecule has 4 aromatic heterocycles. The van der Waals surface area contributed by atoms with Crippen LogP contribution in [0.25, 0.3) is 11.5 Å². The van der Waals surface area contributed by atoms with Crippen LogP contribution in [-0.4, -0.2) is 53.3 Å². The number of oxazole rings is 1. The molecule has 5 heterocycles. The summed E-state index contributed by atoms with van der Waals surface area (Å²) in [6, 6.07) is 5.36. The van der Waals surface area contributed by atoms with Crippen LogP contribution in [0, 0.1) is 18.3 Å². The van der Waals surface area contributed by atoms with E-state index in [9.17, 15) is 9.59 Å². The van der Waals surface area contributed by atoms with E-state index in [1.807, 2.05) is 6.07 Å². The third-order valence-corrected chi connectivity index (χ3v) is 5.60. The molecule has 0 atom stereocenters. The first-order chi connectivity index (χ1) is 15.0. The first-order valence-corrected chi connectivity index (χ1v) is 9.82. The van der Waals surface area contributed by atoms with E-state index in [1.165, 1.54) is 21.7 Å². The molecule has 4 aromatic rings. The Kier molecular flexibility index (Phi) is 4.39. The van der Waals surface area contributed by atoms with E-state index in [1.54, 1.807) is 30.2 Å². The number of piperidine rings is 1. The van der Waals surface area contributed by atoms with Crippen LogP contribution in [0.4, 0.5) is 0 Å². The van der Waals surface area contributed by atoms with Crippen LogP contribution in [0.2, 0.25) is 0 Å². The van der Waals surface area contributed by atoms with Gasteiger partial charge in [-0.1, -0.05) is 0 Å². The third-order valence-electron chi connectivity index (χ3n) is 5.60. The molecule has 0 aliphatic carbocycles. The summed E-state index contributed by atoms with van der Waals surface area (Å²) >= 11 is 0. The van der Waals surface area contributed by atoms with Crippen molar-refractivity contribution in [3.8, 4) is 12.0 Å². The Morgan fingerprint density at radius 3 is 2.90 bits per heavy atom. The van der Waals surface area contributed by atoms with E-state index in [0.717, 1.165) is 0 Å². The number of nitrogens with zero attached hydrogens (tertiary/aromatic N) is 7. The largest absolute Gasteiger partial charge is 0.447 e. The molecule has 0 unspecified atom stereocenters. The summed E-state index contributed by atoms with van der Waals surface area (Å²) < 4.78 is 8.32. The molecule has 31 heavy (non-hydrogen) atoms. The molecule has 156 valence electrons. The van der Waals surface area contributed by atoms with Crippen molar-refractivity contribution in [3.63, 3.8) is 0 Å². The number of hydrogen-bond acceptors (Lipinski definition) is 7. The maximum absolute atomic E-state index is 13.1. The summed E-state index contributed by atoms with van der Waals surface area (Å²) in [5, 5.41) is 17.5. The topological polar surface area (TPSA) is 138 Å². The molecule has 1 saturated heterocycles. The highest BCUT2D eigenvalue weighted by molar-refractivity contribution is 5.95. The number of nitriles is 1. The Morgan fingerprint density at radius 1 is 1.35 bits per heavy atom. The number of amides is 1. The summed E-state index contributed by atoms with van der Waals surface area (Å²) in [5.41, 5.74) is 1.46. The van der Waals surface area contributed by atoms with E-state index in [-0.39, 0.29) is 29.0 Å². The maximum Gasteiger partial charge on any atom is 0.276 e. The second-order valence-electron chi connectivity index (χ2n) is 7.42. The van der Waals surface area contributed by atoms with Crippen molar-refractivity contribution >= 4 is 11.4 Å². The lowest BCUT2D eigenvalue weighted by Crippen LogP contribution is -2.38. The molecule has 1 amide bonds. The number of aromatic amines is 1. The summed E-state index contributed by atoms with van der Waals surface area (Å²) in [6.45, 7) is 2.86. The zero-order chi connectivity index (χ0) is 21.5. The van der Waals surface area contributed by atoms with Gasteiger partial charge in [-0.2, -0.15) is 10.4 Å². The average molecular weight is 418 g/mol.